The molecular formula is C114H65N15. The zero-order chi connectivity index (χ0) is 83.7. The minimum absolute atomic E-state index is 0.710. The fraction of sp³-hybridized carbons (Fsp3) is 0. The molecule has 15 aromatic carbocycles. The Hall–Kier alpha value is -17.8. The molecule has 15 nitrogen and oxygen atoms in total. The van der Waals surface area contributed by atoms with Gasteiger partial charge in [0, 0.05) is 156 Å². The fourth-order valence-electron chi connectivity index (χ4n) is 22.3. The predicted molar refractivity (Wildman–Crippen MR) is 528 cm³/mol. The van der Waals surface area contributed by atoms with Crippen molar-refractivity contribution in [3.05, 3.63) is 395 Å². The van der Waals surface area contributed by atoms with E-state index < -0.39 is 0 Å². The minimum atomic E-state index is 0.710. The second-order valence-corrected chi connectivity index (χ2v) is 34.2. The second kappa shape index (κ2) is 25.4. The molecule has 0 atom stereocenters. The number of hydrogen-bond acceptors (Lipinski definition) is 6. The first-order valence-corrected chi connectivity index (χ1v) is 43.7. The zero-order valence-electron chi connectivity index (χ0n) is 68.7. The Kier molecular flexibility index (Phi) is 13.5. The monoisotopic (exact) mass is 1640 g/mol. The summed E-state index contributed by atoms with van der Waals surface area (Å²) in [7, 11) is 0. The molecule has 0 unspecified atom stereocenters. The van der Waals surface area contributed by atoms with E-state index in [1.54, 1.807) is 0 Å². The number of para-hydroxylation sites is 9. The maximum Gasteiger partial charge on any atom is 0.147 e. The molecule has 0 N–H and O–H groups in total. The predicted octanol–water partition coefficient (Wildman–Crippen LogP) is 27.7. The maximum atomic E-state index is 6.09. The average Bonchev–Trinajstić information content (AvgIpc) is 1.54. The molecule has 15 heteroatoms. The number of imidazole rings is 3. The van der Waals surface area contributed by atoms with Crippen molar-refractivity contribution in [1.82, 2.24) is 70.5 Å². The van der Waals surface area contributed by atoms with Crippen molar-refractivity contribution in [3.8, 4) is 56.9 Å². The molecule has 30 rings (SSSR count). The smallest absolute Gasteiger partial charge is 0.147 e. The molecule has 0 saturated heterocycles. The van der Waals surface area contributed by atoms with Gasteiger partial charge in [-0.25, -0.2) is 24.9 Å². The summed E-state index contributed by atoms with van der Waals surface area (Å²) in [6.45, 7) is 0. The third-order valence-corrected chi connectivity index (χ3v) is 27.6. The van der Waals surface area contributed by atoms with Gasteiger partial charge in [0.1, 0.15) is 22.6 Å². The molecule has 596 valence electrons. The van der Waals surface area contributed by atoms with Crippen LogP contribution < -0.4 is 0 Å². The summed E-state index contributed by atoms with van der Waals surface area (Å²) in [5.41, 5.74) is 30.5. The van der Waals surface area contributed by atoms with Crippen LogP contribution >= 0.6 is 0 Å². The number of hydrogen-bond donors (Lipinski definition) is 0. The number of nitrogens with zero attached hydrogens (tertiary/aromatic N) is 15. The Morgan fingerprint density at radius 3 is 1.17 bits per heavy atom. The average molecular weight is 1640 g/mol. The van der Waals surface area contributed by atoms with E-state index in [9.17, 15) is 0 Å². The molecule has 0 aliphatic carbocycles. The molecule has 30 aromatic rings. The van der Waals surface area contributed by atoms with Crippen LogP contribution in [0.3, 0.4) is 0 Å². The lowest BCUT2D eigenvalue weighted by molar-refractivity contribution is 1.15. The molecular weight excluding hydrogens is 1580 g/mol. The molecule has 15 aromatic heterocycles. The highest BCUT2D eigenvalue weighted by molar-refractivity contribution is 6.31. The normalized spacial score (nSPS) is 12.5. The summed E-state index contributed by atoms with van der Waals surface area (Å²) < 4.78 is 21.5. The Bertz CT molecular complexity index is 10200. The van der Waals surface area contributed by atoms with Crippen LogP contribution in [0, 0.1) is 0 Å². The van der Waals surface area contributed by atoms with Gasteiger partial charge in [0.15, 0.2) is 0 Å². The molecule has 15 heterocycles. The molecule has 0 spiro atoms. The van der Waals surface area contributed by atoms with Crippen molar-refractivity contribution in [2.75, 3.05) is 0 Å². The summed E-state index contributed by atoms with van der Waals surface area (Å²) in [6.07, 6.45) is 10.1. The first-order valence-electron chi connectivity index (χ1n) is 43.7. The van der Waals surface area contributed by atoms with Crippen molar-refractivity contribution in [1.29, 1.82) is 0 Å². The molecule has 0 amide bonds. The molecule has 0 saturated carbocycles. The standard InChI is InChI=1S/C114H65N15/c1-7-26-66(27-8-1)123-94-44-24-21-40-77(94)105-95(123)52-49-75-82-56-97-87(62-101(82)127(109(75)105)70-34-15-5-16-35-70)108-80(48-51-90(119-108)104-64-117-113-78-41-25-53-115-106(78)88-63-102-83(59-103(88)129(104)113)76-46-45-74-72-38-19-23-43-93(72)126(69-32-13-4-14-33-69)110(74)111(76)128(102)71-36-17-6-18-37-71)114-120-91(65-122(97)114)89-50-47-79-107(118-89)86-61-100-84(57-96(86)121-55-54-116-112(79)121)85-60-98-81(58-99(85)125(100)68-30-11-3-12-31-68)73-39-20-22-42-92(73)124(98)67-28-9-2-10-29-67/h1-65H. The molecule has 0 bridgehead atoms. The summed E-state index contributed by atoms with van der Waals surface area (Å²) >= 11 is 0. The Balaban J connectivity index is 0.685. The Morgan fingerprint density at radius 1 is 0.194 bits per heavy atom. The third kappa shape index (κ3) is 9.26. The maximum absolute atomic E-state index is 6.09. The zero-order valence-corrected chi connectivity index (χ0v) is 68.7. The van der Waals surface area contributed by atoms with E-state index in [2.05, 4.69) is 411 Å². The number of rotatable bonds is 8. The van der Waals surface area contributed by atoms with E-state index >= 15 is 0 Å². The largest absolute Gasteiger partial charge is 0.309 e. The number of pyridine rings is 6. The van der Waals surface area contributed by atoms with E-state index in [0.29, 0.717) is 5.69 Å². The number of aromatic nitrogens is 15. The fourth-order valence-corrected chi connectivity index (χ4v) is 22.3. The van der Waals surface area contributed by atoms with Gasteiger partial charge in [0.05, 0.1) is 123 Å². The lowest BCUT2D eigenvalue weighted by Crippen LogP contribution is -1.99. The quantitative estimate of drug-likeness (QED) is 0.140. The van der Waals surface area contributed by atoms with Crippen molar-refractivity contribution >= 4 is 213 Å². The first-order chi connectivity index (χ1) is 64.0. The van der Waals surface area contributed by atoms with Crippen LogP contribution in [0.15, 0.2) is 395 Å². The van der Waals surface area contributed by atoms with Crippen LogP contribution in [0.1, 0.15) is 0 Å². The van der Waals surface area contributed by atoms with Gasteiger partial charge in [-0.15, -0.1) is 0 Å². The van der Waals surface area contributed by atoms with E-state index in [1.807, 2.05) is 24.7 Å². The van der Waals surface area contributed by atoms with Gasteiger partial charge in [-0.3, -0.25) is 18.2 Å². The highest BCUT2D eigenvalue weighted by Crippen LogP contribution is 2.50. The van der Waals surface area contributed by atoms with Crippen molar-refractivity contribution in [3.63, 3.8) is 0 Å². The van der Waals surface area contributed by atoms with Gasteiger partial charge in [-0.1, -0.05) is 182 Å². The third-order valence-electron chi connectivity index (χ3n) is 27.6. The van der Waals surface area contributed by atoms with Gasteiger partial charge in [0.2, 0.25) is 0 Å². The molecule has 129 heavy (non-hydrogen) atoms. The van der Waals surface area contributed by atoms with Gasteiger partial charge in [-0.05, 0) is 182 Å². The Morgan fingerprint density at radius 2 is 0.574 bits per heavy atom. The lowest BCUT2D eigenvalue weighted by Gasteiger charge is -2.14. The molecule has 0 fully saturated rings. The van der Waals surface area contributed by atoms with E-state index in [4.69, 9.17) is 29.9 Å². The number of benzene rings is 15. The van der Waals surface area contributed by atoms with Crippen molar-refractivity contribution in [2.24, 2.45) is 0 Å². The van der Waals surface area contributed by atoms with E-state index in [1.165, 1.54) is 26.9 Å². The molecule has 0 aliphatic heterocycles. The van der Waals surface area contributed by atoms with E-state index in [-0.39, 0.29) is 0 Å². The van der Waals surface area contributed by atoms with E-state index in [0.717, 1.165) is 237 Å². The summed E-state index contributed by atoms with van der Waals surface area (Å²) in [5, 5.41) is 19.4. The SMILES string of the molecule is c1ccc(-n2c3ccccc3c3cc4c(cc32)c2cc3c(cc2n4-c2ccccc2)c2nc(-c4cn5c6cc7c8ccc9c(c%10ccccc%10n9-c9ccccc9)c8n(-c8ccccc8)c7cc6c6nc(-c7cnc8c9cccnc9c9cc%10c(cc9n78)c7ccc8c9ccccc9n(-c9ccccc9)c8c7n%10-c7ccccc7)ccc6c5n4)ccc2c2nccn32)cc1. The van der Waals surface area contributed by atoms with Crippen LogP contribution in [0.5, 0.6) is 0 Å². The van der Waals surface area contributed by atoms with Gasteiger partial charge >= 0.3 is 0 Å². The summed E-state index contributed by atoms with van der Waals surface area (Å²) in [4.78, 5) is 33.7. The lowest BCUT2D eigenvalue weighted by atomic mass is 10.0. The van der Waals surface area contributed by atoms with Crippen LogP contribution in [0.2, 0.25) is 0 Å². The van der Waals surface area contributed by atoms with Gasteiger partial charge in [0.25, 0.3) is 0 Å². The molecule has 0 radical (unpaired) electrons. The van der Waals surface area contributed by atoms with Crippen LogP contribution in [-0.4, -0.2) is 70.5 Å². The minimum Gasteiger partial charge on any atom is -0.309 e. The van der Waals surface area contributed by atoms with Crippen molar-refractivity contribution < 1.29 is 0 Å². The summed E-state index contributed by atoms with van der Waals surface area (Å²) in [5.74, 6) is 0. The van der Waals surface area contributed by atoms with Crippen molar-refractivity contribution in [2.45, 2.75) is 0 Å². The van der Waals surface area contributed by atoms with Crippen LogP contribution in [0.25, 0.3) is 270 Å². The van der Waals surface area contributed by atoms with Crippen LogP contribution in [-0.2, 0) is 0 Å². The summed E-state index contributed by atoms with van der Waals surface area (Å²) in [6, 6.07) is 132. The molecule has 0 aliphatic rings. The Labute approximate surface area is 730 Å². The highest BCUT2D eigenvalue weighted by atomic mass is 15.1. The first kappa shape index (κ1) is 68.7. The van der Waals surface area contributed by atoms with Gasteiger partial charge < -0.3 is 27.4 Å². The topological polar surface area (TPSA) is 120 Å². The number of fused-ring (bicyclic) bond motifs is 38. The highest BCUT2D eigenvalue weighted by Gasteiger charge is 2.30. The van der Waals surface area contributed by atoms with Gasteiger partial charge in [-0.2, -0.15) is 0 Å². The second-order valence-electron chi connectivity index (χ2n) is 34.2. The van der Waals surface area contributed by atoms with Crippen LogP contribution in [0.4, 0.5) is 0 Å².